The average molecular weight is 313 g/mol. The Morgan fingerprint density at radius 1 is 1.44 bits per heavy atom. The van der Waals surface area contributed by atoms with Crippen molar-refractivity contribution in [1.29, 1.82) is 0 Å². The molecule has 1 aliphatic rings. The number of hydrogen-bond donors (Lipinski definition) is 1. The van der Waals surface area contributed by atoms with E-state index in [9.17, 15) is 0 Å². The summed E-state index contributed by atoms with van der Waals surface area (Å²) >= 11 is 3.57. The van der Waals surface area contributed by atoms with Gasteiger partial charge in [-0.05, 0) is 54.5 Å². The van der Waals surface area contributed by atoms with E-state index in [-0.39, 0.29) is 0 Å². The van der Waals surface area contributed by atoms with Crippen molar-refractivity contribution >= 4 is 21.6 Å². The zero-order valence-corrected chi connectivity index (χ0v) is 12.7. The lowest BCUT2D eigenvalue weighted by Crippen LogP contribution is -2.40. The molecule has 0 bridgehead atoms. The number of piperidine rings is 1. The molecule has 1 N–H and O–H groups in total. The van der Waals surface area contributed by atoms with Gasteiger partial charge in [-0.1, -0.05) is 6.42 Å². The fourth-order valence-corrected chi connectivity index (χ4v) is 2.78. The third-order valence-corrected chi connectivity index (χ3v) is 4.31. The number of hydrogen-bond acceptors (Lipinski definition) is 3. The Bertz CT molecular complexity index is 397. The Kier molecular flexibility index (Phi) is 4.89. The molecule has 0 radical (unpaired) electrons. The molecule has 1 heterocycles. The molecule has 0 aromatic heterocycles. The maximum atomic E-state index is 5.25. The van der Waals surface area contributed by atoms with Gasteiger partial charge in [0, 0.05) is 23.1 Å². The van der Waals surface area contributed by atoms with E-state index in [0.717, 1.165) is 22.5 Å². The molecule has 1 atom stereocenters. The molecule has 0 saturated carbocycles. The Balaban J connectivity index is 1.96. The number of likely N-dealkylation sites (N-methyl/N-ethyl adjacent to an activating group) is 1. The van der Waals surface area contributed by atoms with Crippen molar-refractivity contribution in [2.75, 3.05) is 32.6 Å². The van der Waals surface area contributed by atoms with Crippen molar-refractivity contribution in [2.45, 2.75) is 25.3 Å². The van der Waals surface area contributed by atoms with Crippen LogP contribution in [0.1, 0.15) is 19.3 Å². The highest BCUT2D eigenvalue weighted by molar-refractivity contribution is 9.10. The van der Waals surface area contributed by atoms with Crippen LogP contribution in [0.2, 0.25) is 0 Å². The largest absolute Gasteiger partial charge is 0.497 e. The molecule has 1 unspecified atom stereocenters. The summed E-state index contributed by atoms with van der Waals surface area (Å²) in [5.41, 5.74) is 1.10. The molecule has 1 aromatic carbocycles. The molecule has 100 valence electrons. The minimum atomic E-state index is 0.636. The molecule has 1 fully saturated rings. The standard InChI is InChI=1S/C14H21BrN2O/c1-17-8-4-3-5-11(17)10-16-14-9-12(18-2)6-7-13(14)15/h6-7,9,11,16H,3-5,8,10H2,1-2H3. The van der Waals surface area contributed by atoms with Crippen LogP contribution >= 0.6 is 15.9 Å². The lowest BCUT2D eigenvalue weighted by molar-refractivity contribution is 0.194. The van der Waals surface area contributed by atoms with Gasteiger partial charge in [-0.25, -0.2) is 0 Å². The molecule has 1 aromatic rings. The number of rotatable bonds is 4. The predicted octanol–water partition coefficient (Wildman–Crippen LogP) is 3.35. The van der Waals surface area contributed by atoms with Crippen molar-refractivity contribution < 1.29 is 4.74 Å². The number of ether oxygens (including phenoxy) is 1. The summed E-state index contributed by atoms with van der Waals surface area (Å²) in [4.78, 5) is 2.45. The molecule has 3 nitrogen and oxygen atoms in total. The molecule has 4 heteroatoms. The average Bonchev–Trinajstić information content (AvgIpc) is 2.39. The number of methoxy groups -OCH3 is 1. The highest BCUT2D eigenvalue weighted by atomic mass is 79.9. The number of nitrogens with one attached hydrogen (secondary N) is 1. The van der Waals surface area contributed by atoms with E-state index in [1.54, 1.807) is 7.11 Å². The van der Waals surface area contributed by atoms with Gasteiger partial charge in [0.2, 0.25) is 0 Å². The molecule has 0 spiro atoms. The van der Waals surface area contributed by atoms with E-state index in [4.69, 9.17) is 4.74 Å². The van der Waals surface area contributed by atoms with Crippen LogP contribution in [0.25, 0.3) is 0 Å². The van der Waals surface area contributed by atoms with Crippen molar-refractivity contribution in [3.63, 3.8) is 0 Å². The summed E-state index contributed by atoms with van der Waals surface area (Å²) in [7, 11) is 3.91. The number of halogens is 1. The Hall–Kier alpha value is -0.740. The van der Waals surface area contributed by atoms with Crippen LogP contribution in [0.3, 0.4) is 0 Å². The fourth-order valence-electron chi connectivity index (χ4n) is 2.40. The minimum absolute atomic E-state index is 0.636. The normalized spacial score (nSPS) is 20.7. The van der Waals surface area contributed by atoms with Crippen LogP contribution in [0.15, 0.2) is 22.7 Å². The zero-order valence-electron chi connectivity index (χ0n) is 11.1. The second-order valence-electron chi connectivity index (χ2n) is 4.86. The zero-order chi connectivity index (χ0) is 13.0. The highest BCUT2D eigenvalue weighted by Gasteiger charge is 2.18. The number of likely N-dealkylation sites (tertiary alicyclic amines) is 1. The molecule has 18 heavy (non-hydrogen) atoms. The Morgan fingerprint density at radius 3 is 3.00 bits per heavy atom. The summed E-state index contributed by atoms with van der Waals surface area (Å²) in [5, 5.41) is 3.52. The van der Waals surface area contributed by atoms with Gasteiger partial charge < -0.3 is 15.0 Å². The summed E-state index contributed by atoms with van der Waals surface area (Å²) in [6.07, 6.45) is 3.96. The van der Waals surface area contributed by atoms with Gasteiger partial charge >= 0.3 is 0 Å². The molecular weight excluding hydrogens is 292 g/mol. The van der Waals surface area contributed by atoms with Gasteiger partial charge in [-0.2, -0.15) is 0 Å². The molecule has 1 aliphatic heterocycles. The topological polar surface area (TPSA) is 24.5 Å². The van der Waals surface area contributed by atoms with E-state index >= 15 is 0 Å². The monoisotopic (exact) mass is 312 g/mol. The third-order valence-electron chi connectivity index (χ3n) is 3.62. The molecular formula is C14H21BrN2O. The fraction of sp³-hybridized carbons (Fsp3) is 0.571. The predicted molar refractivity (Wildman–Crippen MR) is 79.5 cm³/mol. The van der Waals surface area contributed by atoms with Gasteiger partial charge in [0.05, 0.1) is 12.8 Å². The van der Waals surface area contributed by atoms with Crippen LogP contribution in [-0.4, -0.2) is 38.2 Å². The lowest BCUT2D eigenvalue weighted by Gasteiger charge is -2.32. The summed E-state index contributed by atoms with van der Waals surface area (Å²) < 4.78 is 6.34. The molecule has 0 amide bonds. The maximum Gasteiger partial charge on any atom is 0.121 e. The SMILES string of the molecule is COc1ccc(Br)c(NCC2CCCCN2C)c1. The van der Waals surface area contributed by atoms with Crippen LogP contribution in [0.4, 0.5) is 5.69 Å². The van der Waals surface area contributed by atoms with E-state index < -0.39 is 0 Å². The number of anilines is 1. The van der Waals surface area contributed by atoms with Gasteiger partial charge in [-0.15, -0.1) is 0 Å². The van der Waals surface area contributed by atoms with Crippen LogP contribution in [0, 0.1) is 0 Å². The molecule has 2 rings (SSSR count). The first-order valence-corrected chi connectivity index (χ1v) is 7.27. The number of benzene rings is 1. The maximum absolute atomic E-state index is 5.25. The Labute approximate surface area is 118 Å². The van der Waals surface area contributed by atoms with Gasteiger partial charge in [0.15, 0.2) is 0 Å². The first kappa shape index (κ1) is 13.7. The second-order valence-corrected chi connectivity index (χ2v) is 5.71. The first-order chi connectivity index (χ1) is 8.70. The molecule has 1 saturated heterocycles. The summed E-state index contributed by atoms with van der Waals surface area (Å²) in [6, 6.07) is 6.65. The van der Waals surface area contributed by atoms with Gasteiger partial charge in [-0.3, -0.25) is 0 Å². The van der Waals surface area contributed by atoms with E-state index in [1.165, 1.54) is 25.8 Å². The van der Waals surface area contributed by atoms with Crippen LogP contribution < -0.4 is 10.1 Å². The highest BCUT2D eigenvalue weighted by Crippen LogP contribution is 2.27. The van der Waals surface area contributed by atoms with Crippen LogP contribution in [-0.2, 0) is 0 Å². The third kappa shape index (κ3) is 3.39. The van der Waals surface area contributed by atoms with E-state index in [2.05, 4.69) is 33.2 Å². The smallest absolute Gasteiger partial charge is 0.121 e. The van der Waals surface area contributed by atoms with E-state index in [1.807, 2.05) is 18.2 Å². The van der Waals surface area contributed by atoms with Gasteiger partial charge in [0.25, 0.3) is 0 Å². The lowest BCUT2D eigenvalue weighted by atomic mass is 10.0. The second kappa shape index (κ2) is 6.43. The van der Waals surface area contributed by atoms with Crippen molar-refractivity contribution in [3.8, 4) is 5.75 Å². The first-order valence-electron chi connectivity index (χ1n) is 6.48. The molecule has 0 aliphatic carbocycles. The number of nitrogens with zero attached hydrogens (tertiary/aromatic N) is 1. The van der Waals surface area contributed by atoms with Gasteiger partial charge in [0.1, 0.15) is 5.75 Å². The quantitative estimate of drug-likeness (QED) is 0.922. The van der Waals surface area contributed by atoms with Crippen molar-refractivity contribution in [1.82, 2.24) is 4.90 Å². The summed E-state index contributed by atoms with van der Waals surface area (Å²) in [5.74, 6) is 0.887. The van der Waals surface area contributed by atoms with Crippen molar-refractivity contribution in [3.05, 3.63) is 22.7 Å². The van der Waals surface area contributed by atoms with Crippen LogP contribution in [0.5, 0.6) is 5.75 Å². The minimum Gasteiger partial charge on any atom is -0.497 e. The summed E-state index contributed by atoms with van der Waals surface area (Å²) in [6.45, 7) is 2.20. The van der Waals surface area contributed by atoms with E-state index in [0.29, 0.717) is 6.04 Å². The Morgan fingerprint density at radius 2 is 2.28 bits per heavy atom. The van der Waals surface area contributed by atoms with Crippen molar-refractivity contribution in [2.24, 2.45) is 0 Å².